The third kappa shape index (κ3) is 1.99. The van der Waals surface area contributed by atoms with Gasteiger partial charge in [-0.2, -0.15) is 0 Å². The van der Waals surface area contributed by atoms with Gasteiger partial charge in [-0.15, -0.1) is 0 Å². The predicted octanol–water partition coefficient (Wildman–Crippen LogP) is 1.01. The summed E-state index contributed by atoms with van der Waals surface area (Å²) in [6.45, 7) is 2.56. The summed E-state index contributed by atoms with van der Waals surface area (Å²) >= 11 is 0. The molecule has 0 aromatic heterocycles. The number of nitrogens with two attached hydrogens (primary N) is 1. The Morgan fingerprint density at radius 2 is 1.81 bits per heavy atom. The van der Waals surface area contributed by atoms with Crippen molar-refractivity contribution in [2.45, 2.75) is 18.8 Å². The van der Waals surface area contributed by atoms with E-state index in [-0.39, 0.29) is 16.9 Å². The largest absolute Gasteiger partial charge is 0.330 e. The highest BCUT2D eigenvalue weighted by Crippen LogP contribution is 2.39. The maximum atomic E-state index is 11.4. The lowest BCUT2D eigenvalue weighted by Gasteiger charge is -2.41. The van der Waals surface area contributed by atoms with Crippen LogP contribution in [0, 0.1) is 6.92 Å². The molecule has 4 heteroatoms. The summed E-state index contributed by atoms with van der Waals surface area (Å²) in [6, 6.07) is 8.11. The number of sulfone groups is 1. The van der Waals surface area contributed by atoms with Crippen LogP contribution in [0.15, 0.2) is 24.3 Å². The minimum absolute atomic E-state index is 0.221. The molecule has 0 spiro atoms. The molecule has 2 N–H and O–H groups in total. The molecule has 1 aromatic carbocycles. The average Bonchev–Trinajstić information content (AvgIpc) is 2.16. The van der Waals surface area contributed by atoms with Crippen molar-refractivity contribution in [1.82, 2.24) is 0 Å². The van der Waals surface area contributed by atoms with Gasteiger partial charge >= 0.3 is 0 Å². The van der Waals surface area contributed by atoms with E-state index in [9.17, 15) is 8.42 Å². The van der Waals surface area contributed by atoms with E-state index < -0.39 is 9.84 Å². The van der Waals surface area contributed by atoms with Crippen LogP contribution in [-0.4, -0.2) is 26.5 Å². The van der Waals surface area contributed by atoms with Gasteiger partial charge in [0.15, 0.2) is 9.84 Å². The topological polar surface area (TPSA) is 60.2 Å². The molecule has 1 heterocycles. The number of benzene rings is 1. The lowest BCUT2D eigenvalue weighted by Crippen LogP contribution is -2.53. The van der Waals surface area contributed by atoms with Crippen LogP contribution in [0.3, 0.4) is 0 Å². The molecule has 1 fully saturated rings. The van der Waals surface area contributed by atoms with Crippen molar-refractivity contribution >= 4 is 9.84 Å². The van der Waals surface area contributed by atoms with E-state index >= 15 is 0 Å². The summed E-state index contributed by atoms with van der Waals surface area (Å²) in [7, 11) is -2.83. The minimum atomic E-state index is -2.83. The molecule has 0 amide bonds. The average molecular weight is 239 g/mol. The van der Waals surface area contributed by atoms with E-state index in [1.165, 1.54) is 5.56 Å². The van der Waals surface area contributed by atoms with Crippen LogP contribution in [0.4, 0.5) is 0 Å². The molecular weight excluding hydrogens is 222 g/mol. The van der Waals surface area contributed by atoms with Gasteiger partial charge in [-0.1, -0.05) is 29.8 Å². The SMILES string of the molecule is Cc1ccc(C2(CCN)CS(=O)(=O)C2)cc1. The van der Waals surface area contributed by atoms with Crippen LogP contribution in [-0.2, 0) is 15.3 Å². The standard InChI is InChI=1S/C12H17NO2S/c1-10-2-4-11(5-3-10)12(6-7-13)8-16(14,15)9-12/h2-5H,6-9,13H2,1H3. The Morgan fingerprint density at radius 3 is 2.25 bits per heavy atom. The summed E-state index contributed by atoms with van der Waals surface area (Å²) in [5, 5.41) is 0. The number of hydrogen-bond acceptors (Lipinski definition) is 3. The van der Waals surface area contributed by atoms with Crippen molar-refractivity contribution in [2.75, 3.05) is 18.1 Å². The van der Waals surface area contributed by atoms with Gasteiger partial charge in [0, 0.05) is 5.41 Å². The molecular formula is C12H17NO2S. The van der Waals surface area contributed by atoms with Crippen LogP contribution >= 0.6 is 0 Å². The van der Waals surface area contributed by atoms with E-state index in [4.69, 9.17) is 5.73 Å². The summed E-state index contributed by atoms with van der Waals surface area (Å²) in [5.41, 5.74) is 7.66. The second kappa shape index (κ2) is 3.86. The summed E-state index contributed by atoms with van der Waals surface area (Å²) in [5.74, 6) is 0.501. The molecule has 2 rings (SSSR count). The molecule has 3 nitrogen and oxygen atoms in total. The molecule has 0 bridgehead atoms. The quantitative estimate of drug-likeness (QED) is 0.856. The van der Waals surface area contributed by atoms with Crippen molar-refractivity contribution in [1.29, 1.82) is 0 Å². The fraction of sp³-hybridized carbons (Fsp3) is 0.500. The first-order valence-corrected chi connectivity index (χ1v) is 7.27. The first-order valence-electron chi connectivity index (χ1n) is 5.45. The van der Waals surface area contributed by atoms with Gasteiger partial charge in [-0.05, 0) is 25.5 Å². The Bertz CT molecular complexity index is 464. The number of aryl methyl sites for hydroxylation is 1. The number of rotatable bonds is 3. The Kier molecular flexibility index (Phi) is 2.80. The van der Waals surface area contributed by atoms with E-state index in [0.717, 1.165) is 12.0 Å². The highest BCUT2D eigenvalue weighted by Gasteiger charge is 2.48. The Balaban J connectivity index is 2.31. The summed E-state index contributed by atoms with van der Waals surface area (Å²) < 4.78 is 22.8. The van der Waals surface area contributed by atoms with E-state index in [1.807, 2.05) is 31.2 Å². The van der Waals surface area contributed by atoms with Gasteiger partial charge in [0.25, 0.3) is 0 Å². The molecule has 1 saturated heterocycles. The molecule has 0 unspecified atom stereocenters. The molecule has 1 aliphatic heterocycles. The van der Waals surface area contributed by atoms with Crippen LogP contribution < -0.4 is 5.73 Å². The first-order chi connectivity index (χ1) is 7.47. The molecule has 0 atom stereocenters. The van der Waals surface area contributed by atoms with Crippen LogP contribution in [0.25, 0.3) is 0 Å². The fourth-order valence-electron chi connectivity index (χ4n) is 2.44. The normalized spacial score (nSPS) is 21.4. The van der Waals surface area contributed by atoms with Crippen molar-refractivity contribution in [3.8, 4) is 0 Å². The molecule has 0 aliphatic carbocycles. The molecule has 0 saturated carbocycles. The van der Waals surface area contributed by atoms with Crippen LogP contribution in [0.5, 0.6) is 0 Å². The van der Waals surface area contributed by atoms with Crippen molar-refractivity contribution in [2.24, 2.45) is 5.73 Å². The Morgan fingerprint density at radius 1 is 1.25 bits per heavy atom. The van der Waals surface area contributed by atoms with Crippen LogP contribution in [0.1, 0.15) is 17.5 Å². The Labute approximate surface area is 96.6 Å². The second-order valence-corrected chi connectivity index (χ2v) is 6.78. The maximum absolute atomic E-state index is 11.4. The third-order valence-corrected chi connectivity index (χ3v) is 5.26. The van der Waals surface area contributed by atoms with Gasteiger partial charge in [0.05, 0.1) is 11.5 Å². The zero-order chi connectivity index (χ0) is 11.8. The summed E-state index contributed by atoms with van der Waals surface area (Å²) in [4.78, 5) is 0. The van der Waals surface area contributed by atoms with Crippen LogP contribution in [0.2, 0.25) is 0 Å². The lowest BCUT2D eigenvalue weighted by molar-refractivity contribution is 0.433. The second-order valence-electron chi connectivity index (χ2n) is 4.72. The van der Waals surface area contributed by atoms with E-state index in [1.54, 1.807) is 0 Å². The molecule has 16 heavy (non-hydrogen) atoms. The molecule has 1 aromatic rings. The fourth-order valence-corrected chi connectivity index (χ4v) is 4.66. The summed E-state index contributed by atoms with van der Waals surface area (Å²) in [6.07, 6.45) is 0.745. The first kappa shape index (κ1) is 11.6. The zero-order valence-corrected chi connectivity index (χ0v) is 10.3. The smallest absolute Gasteiger partial charge is 0.152 e. The van der Waals surface area contributed by atoms with E-state index in [0.29, 0.717) is 6.54 Å². The third-order valence-electron chi connectivity index (χ3n) is 3.28. The van der Waals surface area contributed by atoms with E-state index in [2.05, 4.69) is 0 Å². The Hall–Kier alpha value is -0.870. The molecule has 88 valence electrons. The lowest BCUT2D eigenvalue weighted by atomic mass is 9.80. The monoisotopic (exact) mass is 239 g/mol. The zero-order valence-electron chi connectivity index (χ0n) is 9.44. The van der Waals surface area contributed by atoms with Crippen molar-refractivity contribution < 1.29 is 8.42 Å². The van der Waals surface area contributed by atoms with Gasteiger partial charge in [0.2, 0.25) is 0 Å². The predicted molar refractivity (Wildman–Crippen MR) is 65.2 cm³/mol. The molecule has 0 radical (unpaired) electrons. The minimum Gasteiger partial charge on any atom is -0.330 e. The number of hydrogen-bond donors (Lipinski definition) is 1. The highest BCUT2D eigenvalue weighted by atomic mass is 32.2. The van der Waals surface area contributed by atoms with Gasteiger partial charge < -0.3 is 5.73 Å². The molecule has 1 aliphatic rings. The maximum Gasteiger partial charge on any atom is 0.152 e. The van der Waals surface area contributed by atoms with Gasteiger partial charge in [0.1, 0.15) is 0 Å². The van der Waals surface area contributed by atoms with Gasteiger partial charge in [-0.3, -0.25) is 0 Å². The van der Waals surface area contributed by atoms with Crippen molar-refractivity contribution in [3.63, 3.8) is 0 Å². The van der Waals surface area contributed by atoms with Gasteiger partial charge in [-0.25, -0.2) is 8.42 Å². The van der Waals surface area contributed by atoms with Crippen molar-refractivity contribution in [3.05, 3.63) is 35.4 Å². The highest BCUT2D eigenvalue weighted by molar-refractivity contribution is 7.93.